The molecule has 1 amide bonds. The van der Waals surface area contributed by atoms with Crippen LogP contribution in [0, 0.1) is 22.9 Å². The summed E-state index contributed by atoms with van der Waals surface area (Å²) in [6, 6.07) is 0.539. The molecule has 1 unspecified atom stereocenters. The lowest BCUT2D eigenvalue weighted by atomic mass is 9.85. The maximum Gasteiger partial charge on any atom is 0.404 e. The van der Waals surface area contributed by atoms with Gasteiger partial charge >= 0.3 is 6.18 Å². The van der Waals surface area contributed by atoms with Crippen LogP contribution in [0.3, 0.4) is 0 Å². The maximum atomic E-state index is 13.4. The number of hydrogen-bond donors (Lipinski definition) is 2. The molecular weight excluding hydrogens is 302 g/mol. The summed E-state index contributed by atoms with van der Waals surface area (Å²) in [5, 5.41) is 3.98. The predicted octanol–water partition coefficient (Wildman–Crippen LogP) is 2.58. The number of anilines is 1. The van der Waals surface area contributed by atoms with Gasteiger partial charge < -0.3 is 10.6 Å². The number of carbonyl (C=O) groups excluding carboxylic acids is 1. The predicted molar refractivity (Wildman–Crippen MR) is 60.9 cm³/mol. The van der Waals surface area contributed by atoms with Gasteiger partial charge in [-0.1, -0.05) is 0 Å². The Kier molecular flexibility index (Phi) is 3.87. The van der Waals surface area contributed by atoms with Crippen LogP contribution in [-0.2, 0) is 4.79 Å². The zero-order valence-corrected chi connectivity index (χ0v) is 10.5. The van der Waals surface area contributed by atoms with Gasteiger partial charge in [-0.15, -0.1) is 0 Å². The van der Waals surface area contributed by atoms with Crippen LogP contribution in [0.15, 0.2) is 12.1 Å². The first-order valence-corrected chi connectivity index (χ1v) is 5.91. The lowest BCUT2D eigenvalue weighted by Gasteiger charge is -2.29. The van der Waals surface area contributed by atoms with Crippen LogP contribution in [0.5, 0.6) is 0 Å². The lowest BCUT2D eigenvalue weighted by Crippen LogP contribution is -2.49. The summed E-state index contributed by atoms with van der Waals surface area (Å²) in [5.74, 6) is -5.78. The zero-order valence-electron chi connectivity index (χ0n) is 10.5. The second kappa shape index (κ2) is 5.21. The molecule has 1 heterocycles. The Morgan fingerprint density at radius 1 is 1.19 bits per heavy atom. The Morgan fingerprint density at radius 2 is 1.76 bits per heavy atom. The molecule has 116 valence electrons. The van der Waals surface area contributed by atoms with E-state index in [0.717, 1.165) is 0 Å². The number of halogens is 6. The van der Waals surface area contributed by atoms with Crippen LogP contribution in [0.2, 0.25) is 0 Å². The number of amides is 1. The molecule has 0 radical (unpaired) electrons. The minimum Gasteiger partial charge on any atom is -0.320 e. The molecule has 0 aromatic heterocycles. The van der Waals surface area contributed by atoms with Gasteiger partial charge in [0, 0.05) is 18.7 Å². The normalized spacial score (nSPS) is 22.4. The van der Waals surface area contributed by atoms with Crippen molar-refractivity contribution in [1.82, 2.24) is 5.32 Å². The summed E-state index contributed by atoms with van der Waals surface area (Å²) in [7, 11) is 0. The highest BCUT2D eigenvalue weighted by molar-refractivity contribution is 5.96. The summed E-state index contributed by atoms with van der Waals surface area (Å²) in [5.41, 5.74) is -3.86. The fourth-order valence-corrected chi connectivity index (χ4v) is 2.15. The molecule has 0 spiro atoms. The van der Waals surface area contributed by atoms with Gasteiger partial charge in [-0.3, -0.25) is 4.79 Å². The number of alkyl halides is 3. The zero-order chi connectivity index (χ0) is 15.8. The smallest absolute Gasteiger partial charge is 0.320 e. The van der Waals surface area contributed by atoms with Gasteiger partial charge in [-0.2, -0.15) is 13.2 Å². The minimum absolute atomic E-state index is 0.0543. The number of nitrogens with one attached hydrogen (secondary N) is 2. The van der Waals surface area contributed by atoms with E-state index in [9.17, 15) is 31.1 Å². The molecule has 1 aliphatic heterocycles. The summed E-state index contributed by atoms with van der Waals surface area (Å²) in [4.78, 5) is 11.9. The van der Waals surface area contributed by atoms with Gasteiger partial charge in [-0.05, 0) is 13.0 Å². The number of hydrogen-bond acceptors (Lipinski definition) is 2. The molecule has 1 atom stereocenters. The van der Waals surface area contributed by atoms with E-state index in [-0.39, 0.29) is 18.7 Å². The molecule has 1 aromatic rings. The maximum absolute atomic E-state index is 13.4. The van der Waals surface area contributed by atoms with Crippen molar-refractivity contribution in [1.29, 1.82) is 0 Å². The monoisotopic (exact) mass is 312 g/mol. The van der Waals surface area contributed by atoms with Crippen molar-refractivity contribution in [3.8, 4) is 0 Å². The highest BCUT2D eigenvalue weighted by Crippen LogP contribution is 2.44. The molecule has 1 saturated heterocycles. The first-order valence-electron chi connectivity index (χ1n) is 5.91. The topological polar surface area (TPSA) is 41.1 Å². The highest BCUT2D eigenvalue weighted by atomic mass is 19.4. The van der Waals surface area contributed by atoms with Crippen molar-refractivity contribution in [3.05, 3.63) is 29.6 Å². The molecule has 0 aliphatic carbocycles. The van der Waals surface area contributed by atoms with Crippen LogP contribution in [0.1, 0.15) is 6.42 Å². The van der Waals surface area contributed by atoms with Crippen LogP contribution >= 0.6 is 0 Å². The van der Waals surface area contributed by atoms with Gasteiger partial charge in [0.15, 0.2) is 17.0 Å². The molecule has 3 nitrogen and oxygen atoms in total. The van der Waals surface area contributed by atoms with Crippen molar-refractivity contribution in [3.63, 3.8) is 0 Å². The van der Waals surface area contributed by atoms with Crippen LogP contribution < -0.4 is 10.6 Å². The van der Waals surface area contributed by atoms with Gasteiger partial charge in [0.1, 0.15) is 11.5 Å². The third-order valence-corrected chi connectivity index (χ3v) is 3.38. The Labute approximate surface area is 115 Å². The van der Waals surface area contributed by atoms with E-state index in [0.29, 0.717) is 0 Å². The molecule has 1 fully saturated rings. The van der Waals surface area contributed by atoms with Crippen molar-refractivity contribution in [2.45, 2.75) is 12.6 Å². The second-order valence-corrected chi connectivity index (χ2v) is 4.71. The van der Waals surface area contributed by atoms with E-state index in [1.165, 1.54) is 0 Å². The van der Waals surface area contributed by atoms with Gasteiger partial charge in [-0.25, -0.2) is 13.2 Å². The molecule has 0 bridgehead atoms. The van der Waals surface area contributed by atoms with Crippen molar-refractivity contribution >= 4 is 11.6 Å². The van der Waals surface area contributed by atoms with Crippen molar-refractivity contribution in [2.75, 3.05) is 18.4 Å². The molecule has 9 heteroatoms. The largest absolute Gasteiger partial charge is 0.404 e. The average Bonchev–Trinajstić information content (AvgIpc) is 2.83. The molecular formula is C12H10F6N2O. The van der Waals surface area contributed by atoms with Crippen molar-refractivity contribution in [2.24, 2.45) is 5.41 Å². The second-order valence-electron chi connectivity index (χ2n) is 4.71. The molecule has 2 N–H and O–H groups in total. The summed E-state index contributed by atoms with van der Waals surface area (Å²) in [6.07, 6.45) is -5.43. The van der Waals surface area contributed by atoms with E-state index < -0.39 is 53.6 Å². The third-order valence-electron chi connectivity index (χ3n) is 3.38. The molecule has 21 heavy (non-hydrogen) atoms. The minimum atomic E-state index is -4.88. The Morgan fingerprint density at radius 3 is 2.19 bits per heavy atom. The number of carbonyl (C=O) groups is 1. The Hall–Kier alpha value is -1.77. The quantitative estimate of drug-likeness (QED) is 0.824. The first kappa shape index (κ1) is 15.6. The fraction of sp³-hybridized carbons (Fsp3) is 0.417. The van der Waals surface area contributed by atoms with Gasteiger partial charge in [0.05, 0.1) is 0 Å². The van der Waals surface area contributed by atoms with Crippen LogP contribution in [0.4, 0.5) is 32.0 Å². The van der Waals surface area contributed by atoms with E-state index in [1.54, 1.807) is 5.32 Å². The van der Waals surface area contributed by atoms with E-state index >= 15 is 0 Å². The van der Waals surface area contributed by atoms with Crippen LogP contribution in [0.25, 0.3) is 0 Å². The number of benzene rings is 1. The van der Waals surface area contributed by atoms with E-state index in [4.69, 9.17) is 0 Å². The molecule has 0 saturated carbocycles. The SMILES string of the molecule is O=C(Nc1c(F)cc(F)cc1F)C1(C(F)(F)F)CCNC1. The van der Waals surface area contributed by atoms with Gasteiger partial charge in [0.25, 0.3) is 0 Å². The number of rotatable bonds is 2. The molecule has 1 aromatic carbocycles. The average molecular weight is 312 g/mol. The molecule has 2 rings (SSSR count). The van der Waals surface area contributed by atoms with E-state index in [2.05, 4.69) is 5.32 Å². The fourth-order valence-electron chi connectivity index (χ4n) is 2.15. The Balaban J connectivity index is 2.33. The van der Waals surface area contributed by atoms with Crippen molar-refractivity contribution < 1.29 is 31.1 Å². The summed E-state index contributed by atoms with van der Waals surface area (Å²) >= 11 is 0. The van der Waals surface area contributed by atoms with Gasteiger partial charge in [0.2, 0.25) is 5.91 Å². The lowest BCUT2D eigenvalue weighted by molar-refractivity contribution is -0.213. The molecule has 1 aliphatic rings. The van der Waals surface area contributed by atoms with E-state index in [1.807, 2.05) is 0 Å². The summed E-state index contributed by atoms with van der Waals surface area (Å²) < 4.78 is 78.8. The highest BCUT2D eigenvalue weighted by Gasteiger charge is 2.61. The standard InChI is InChI=1S/C12H10F6N2O/c13-6-3-7(14)9(8(15)4-6)20-10(21)11(12(16,17)18)1-2-19-5-11/h3-4,19H,1-2,5H2,(H,20,21). The Bertz CT molecular complexity index is 542. The third kappa shape index (κ3) is 2.69. The van der Waals surface area contributed by atoms with Crippen LogP contribution in [-0.4, -0.2) is 25.2 Å². The summed E-state index contributed by atoms with van der Waals surface area (Å²) in [6.45, 7) is -0.742. The first-order chi connectivity index (χ1) is 9.67.